The fourth-order valence-corrected chi connectivity index (χ4v) is 2.80. The van der Waals surface area contributed by atoms with Crippen LogP contribution in [0, 0.1) is 13.8 Å². The summed E-state index contributed by atoms with van der Waals surface area (Å²) in [5.41, 5.74) is 4.09. The van der Waals surface area contributed by atoms with Crippen LogP contribution >= 0.6 is 11.6 Å². The molecule has 0 bridgehead atoms. The smallest absolute Gasteiger partial charge is 0.238 e. The second kappa shape index (κ2) is 10.1. The average Bonchev–Trinajstić information content (AvgIpc) is 2.60. The molecule has 0 spiro atoms. The van der Waals surface area contributed by atoms with Crippen LogP contribution in [0.5, 0.6) is 0 Å². The van der Waals surface area contributed by atoms with Crippen molar-refractivity contribution in [2.75, 3.05) is 32.0 Å². The molecule has 0 atom stereocenters. The maximum absolute atomic E-state index is 12.2. The Morgan fingerprint density at radius 2 is 1.67 bits per heavy atom. The van der Waals surface area contributed by atoms with Gasteiger partial charge in [0, 0.05) is 17.3 Å². The monoisotopic (exact) mass is 387 g/mol. The van der Waals surface area contributed by atoms with Gasteiger partial charge >= 0.3 is 0 Å². The Hall–Kier alpha value is -2.37. The van der Waals surface area contributed by atoms with E-state index in [4.69, 9.17) is 11.6 Å². The van der Waals surface area contributed by atoms with Crippen molar-refractivity contribution in [3.05, 3.63) is 64.2 Å². The molecule has 0 aliphatic carbocycles. The van der Waals surface area contributed by atoms with Crippen molar-refractivity contribution in [1.29, 1.82) is 0 Å². The first kappa shape index (κ1) is 20.9. The standard InChI is InChI=1S/C21H26ClN3O2/c1-15-5-4-6-19(16(15)2)24-21(27)14-25(3)13-20(26)23-12-11-17-7-9-18(22)10-8-17/h4-10H,11-14H2,1-3H3,(H,23,26)(H,24,27). The Morgan fingerprint density at radius 1 is 1.00 bits per heavy atom. The third-order valence-corrected chi connectivity index (χ3v) is 4.61. The number of rotatable bonds is 8. The van der Waals surface area contributed by atoms with Crippen molar-refractivity contribution < 1.29 is 9.59 Å². The molecule has 0 radical (unpaired) electrons. The predicted octanol–water partition coefficient (Wildman–Crippen LogP) is 3.19. The number of nitrogens with zero attached hydrogens (tertiary/aromatic N) is 1. The number of benzene rings is 2. The molecule has 0 aliphatic rings. The summed E-state index contributed by atoms with van der Waals surface area (Å²) in [6.07, 6.45) is 0.736. The zero-order chi connectivity index (χ0) is 19.8. The van der Waals surface area contributed by atoms with Crippen LogP contribution < -0.4 is 10.6 Å². The first-order valence-corrected chi connectivity index (χ1v) is 9.28. The van der Waals surface area contributed by atoms with Gasteiger partial charge < -0.3 is 10.6 Å². The number of halogens is 1. The summed E-state index contributed by atoms with van der Waals surface area (Å²) in [6.45, 7) is 4.84. The highest BCUT2D eigenvalue weighted by Crippen LogP contribution is 2.17. The molecule has 0 saturated heterocycles. The van der Waals surface area contributed by atoms with Crippen LogP contribution in [0.4, 0.5) is 5.69 Å². The highest BCUT2D eigenvalue weighted by molar-refractivity contribution is 6.30. The molecule has 0 saturated carbocycles. The molecule has 2 rings (SSSR count). The van der Waals surface area contributed by atoms with Gasteiger partial charge in [-0.1, -0.05) is 35.9 Å². The number of carbonyl (C=O) groups excluding carboxylic acids is 2. The first-order chi connectivity index (χ1) is 12.8. The van der Waals surface area contributed by atoms with Crippen molar-refractivity contribution in [1.82, 2.24) is 10.2 Å². The molecule has 0 aliphatic heterocycles. The van der Waals surface area contributed by atoms with Crippen LogP contribution in [0.3, 0.4) is 0 Å². The normalized spacial score (nSPS) is 10.7. The Balaban J connectivity index is 1.71. The van der Waals surface area contributed by atoms with Crippen molar-refractivity contribution in [2.45, 2.75) is 20.3 Å². The highest BCUT2D eigenvalue weighted by atomic mass is 35.5. The number of hydrogen-bond acceptors (Lipinski definition) is 3. The van der Waals surface area contributed by atoms with Crippen LogP contribution in [0.2, 0.25) is 5.02 Å². The van der Waals surface area contributed by atoms with E-state index in [1.54, 1.807) is 11.9 Å². The molecular weight excluding hydrogens is 362 g/mol. The fourth-order valence-electron chi connectivity index (χ4n) is 2.68. The van der Waals surface area contributed by atoms with Crippen molar-refractivity contribution in [3.8, 4) is 0 Å². The highest BCUT2D eigenvalue weighted by Gasteiger charge is 2.12. The molecule has 2 aromatic rings. The van der Waals surface area contributed by atoms with Crippen molar-refractivity contribution in [3.63, 3.8) is 0 Å². The Labute approximate surface area is 165 Å². The first-order valence-electron chi connectivity index (χ1n) is 8.91. The van der Waals surface area contributed by atoms with Gasteiger partial charge in [0.15, 0.2) is 0 Å². The van der Waals surface area contributed by atoms with E-state index >= 15 is 0 Å². The van der Waals surface area contributed by atoms with Crippen molar-refractivity contribution in [2.24, 2.45) is 0 Å². The molecule has 0 aromatic heterocycles. The average molecular weight is 388 g/mol. The molecule has 5 nitrogen and oxygen atoms in total. The lowest BCUT2D eigenvalue weighted by atomic mass is 10.1. The third kappa shape index (κ3) is 7.04. The summed E-state index contributed by atoms with van der Waals surface area (Å²) >= 11 is 5.85. The second-order valence-electron chi connectivity index (χ2n) is 6.69. The maximum Gasteiger partial charge on any atom is 0.238 e. The van der Waals surface area contributed by atoms with E-state index in [0.717, 1.165) is 28.8 Å². The zero-order valence-corrected chi connectivity index (χ0v) is 16.8. The molecule has 2 N–H and O–H groups in total. The lowest BCUT2D eigenvalue weighted by Crippen LogP contribution is -2.39. The third-order valence-electron chi connectivity index (χ3n) is 4.35. The summed E-state index contributed by atoms with van der Waals surface area (Å²) in [6, 6.07) is 13.4. The van der Waals surface area contributed by atoms with E-state index in [0.29, 0.717) is 11.6 Å². The number of likely N-dealkylation sites (N-methyl/N-ethyl adjacent to an activating group) is 1. The number of anilines is 1. The van der Waals surface area contributed by atoms with Crippen LogP contribution in [-0.4, -0.2) is 43.4 Å². The van der Waals surface area contributed by atoms with Gasteiger partial charge in [-0.3, -0.25) is 14.5 Å². The van der Waals surface area contributed by atoms with Gasteiger partial charge in [-0.25, -0.2) is 0 Å². The number of carbonyl (C=O) groups is 2. The lowest BCUT2D eigenvalue weighted by molar-refractivity contribution is -0.122. The summed E-state index contributed by atoms with van der Waals surface area (Å²) < 4.78 is 0. The van der Waals surface area contributed by atoms with Gasteiger partial charge in [0.2, 0.25) is 11.8 Å². The summed E-state index contributed by atoms with van der Waals surface area (Å²) in [7, 11) is 1.75. The molecule has 27 heavy (non-hydrogen) atoms. The van der Waals surface area contributed by atoms with Gasteiger partial charge in [0.1, 0.15) is 0 Å². The minimum absolute atomic E-state index is 0.106. The minimum atomic E-state index is -0.139. The van der Waals surface area contributed by atoms with Gasteiger partial charge in [-0.2, -0.15) is 0 Å². The molecular formula is C21H26ClN3O2. The molecule has 0 unspecified atom stereocenters. The SMILES string of the molecule is Cc1cccc(NC(=O)CN(C)CC(=O)NCCc2ccc(Cl)cc2)c1C. The van der Waals surface area contributed by atoms with Crippen LogP contribution in [0.1, 0.15) is 16.7 Å². The Kier molecular flexibility index (Phi) is 7.82. The number of aryl methyl sites for hydroxylation is 1. The van der Waals surface area contributed by atoms with E-state index in [-0.39, 0.29) is 24.9 Å². The minimum Gasteiger partial charge on any atom is -0.355 e. The van der Waals surface area contributed by atoms with Gasteiger partial charge in [0.25, 0.3) is 0 Å². The van der Waals surface area contributed by atoms with E-state index in [1.807, 2.05) is 56.3 Å². The summed E-state index contributed by atoms with van der Waals surface area (Å²) in [4.78, 5) is 25.9. The quantitative estimate of drug-likeness (QED) is 0.731. The number of hydrogen-bond donors (Lipinski definition) is 2. The summed E-state index contributed by atoms with van der Waals surface area (Å²) in [5.74, 6) is -0.244. The Bertz CT molecular complexity index is 791. The van der Waals surface area contributed by atoms with Crippen LogP contribution in [-0.2, 0) is 16.0 Å². The Morgan fingerprint density at radius 3 is 2.37 bits per heavy atom. The van der Waals surface area contributed by atoms with Gasteiger partial charge in [0.05, 0.1) is 13.1 Å². The molecule has 2 aromatic carbocycles. The molecule has 2 amide bonds. The molecule has 0 fully saturated rings. The lowest BCUT2D eigenvalue weighted by Gasteiger charge is -2.17. The van der Waals surface area contributed by atoms with Crippen molar-refractivity contribution >= 4 is 29.1 Å². The molecule has 0 heterocycles. The van der Waals surface area contributed by atoms with E-state index in [1.165, 1.54) is 0 Å². The van der Waals surface area contributed by atoms with Gasteiger partial charge in [-0.05, 0) is 62.2 Å². The number of nitrogens with one attached hydrogen (secondary N) is 2. The fraction of sp³-hybridized carbons (Fsp3) is 0.333. The van der Waals surface area contributed by atoms with Crippen LogP contribution in [0.25, 0.3) is 0 Å². The maximum atomic E-state index is 12.2. The number of amides is 2. The van der Waals surface area contributed by atoms with Gasteiger partial charge in [-0.15, -0.1) is 0 Å². The van der Waals surface area contributed by atoms with E-state index < -0.39 is 0 Å². The molecule has 6 heteroatoms. The predicted molar refractivity (Wildman–Crippen MR) is 110 cm³/mol. The molecule has 144 valence electrons. The van der Waals surface area contributed by atoms with Crippen LogP contribution in [0.15, 0.2) is 42.5 Å². The topological polar surface area (TPSA) is 61.4 Å². The largest absolute Gasteiger partial charge is 0.355 e. The summed E-state index contributed by atoms with van der Waals surface area (Å²) in [5, 5.41) is 6.47. The zero-order valence-electron chi connectivity index (χ0n) is 16.0. The van der Waals surface area contributed by atoms with E-state index in [9.17, 15) is 9.59 Å². The second-order valence-corrected chi connectivity index (χ2v) is 7.13. The van der Waals surface area contributed by atoms with E-state index in [2.05, 4.69) is 10.6 Å².